The molecule has 100 valence electrons. The van der Waals surface area contributed by atoms with Crippen molar-refractivity contribution in [3.63, 3.8) is 0 Å². The summed E-state index contributed by atoms with van der Waals surface area (Å²) in [5.74, 6) is -0.839. The van der Waals surface area contributed by atoms with Gasteiger partial charge in [0.05, 0.1) is 9.80 Å². The summed E-state index contributed by atoms with van der Waals surface area (Å²) in [6.07, 6.45) is 3.69. The van der Waals surface area contributed by atoms with E-state index in [0.29, 0.717) is 16.2 Å². The summed E-state index contributed by atoms with van der Waals surface area (Å²) in [4.78, 5) is 22.6. The van der Waals surface area contributed by atoms with Crippen molar-refractivity contribution >= 4 is 29.0 Å². The minimum absolute atomic E-state index is 0.0338. The second-order valence-electron chi connectivity index (χ2n) is 3.85. The molecule has 0 aliphatic rings. The number of carbonyl (C=O) groups excluding carboxylic acids is 1. The zero-order chi connectivity index (χ0) is 14.4. The number of primary amides is 1. The van der Waals surface area contributed by atoms with Crippen molar-refractivity contribution in [2.45, 2.75) is 26.2 Å². The summed E-state index contributed by atoms with van der Waals surface area (Å²) in [5, 5.41) is 19.7. The fourth-order valence-corrected chi connectivity index (χ4v) is 2.60. The van der Waals surface area contributed by atoms with Gasteiger partial charge in [0.1, 0.15) is 11.6 Å². The molecule has 1 heterocycles. The molecular formula is C12H13N3O3S. The van der Waals surface area contributed by atoms with Gasteiger partial charge in [-0.15, -0.1) is 11.3 Å². The summed E-state index contributed by atoms with van der Waals surface area (Å²) >= 11 is 1.21. The SMILES string of the molecule is CCCCc1sc(/C=C(/C#N)C(N)=O)cc1[N+](=O)[O-]. The molecule has 0 atom stereocenters. The lowest BCUT2D eigenvalue weighted by molar-refractivity contribution is -0.385. The van der Waals surface area contributed by atoms with E-state index in [1.54, 1.807) is 6.07 Å². The fraction of sp³-hybridized carbons (Fsp3) is 0.333. The van der Waals surface area contributed by atoms with Gasteiger partial charge in [-0.05, 0) is 18.9 Å². The lowest BCUT2D eigenvalue weighted by atomic mass is 10.2. The Bertz CT molecular complexity index is 569. The number of hydrogen-bond donors (Lipinski definition) is 1. The number of nitriles is 1. The molecule has 0 fully saturated rings. The number of amides is 1. The van der Waals surface area contributed by atoms with E-state index in [9.17, 15) is 14.9 Å². The Hall–Kier alpha value is -2.20. The number of nitrogens with zero attached hydrogens (tertiary/aromatic N) is 2. The van der Waals surface area contributed by atoms with Crippen molar-refractivity contribution in [2.75, 3.05) is 0 Å². The van der Waals surface area contributed by atoms with Gasteiger partial charge in [0.15, 0.2) is 0 Å². The van der Waals surface area contributed by atoms with Gasteiger partial charge in [0, 0.05) is 10.9 Å². The van der Waals surface area contributed by atoms with Crippen LogP contribution in [0, 0.1) is 21.4 Å². The Balaban J connectivity index is 3.14. The monoisotopic (exact) mass is 279 g/mol. The van der Waals surface area contributed by atoms with Crippen LogP contribution in [0.3, 0.4) is 0 Å². The quantitative estimate of drug-likeness (QED) is 0.373. The average molecular weight is 279 g/mol. The molecule has 1 amide bonds. The Kier molecular flexibility index (Phi) is 5.21. The van der Waals surface area contributed by atoms with Crippen LogP contribution in [-0.2, 0) is 11.2 Å². The highest BCUT2D eigenvalue weighted by molar-refractivity contribution is 7.13. The maximum atomic E-state index is 10.9. The van der Waals surface area contributed by atoms with Crippen molar-refractivity contribution in [2.24, 2.45) is 5.73 Å². The molecule has 0 saturated heterocycles. The molecule has 0 unspecified atom stereocenters. The van der Waals surface area contributed by atoms with Gasteiger partial charge in [0.25, 0.3) is 11.6 Å². The van der Waals surface area contributed by atoms with Gasteiger partial charge < -0.3 is 5.73 Å². The van der Waals surface area contributed by atoms with Crippen LogP contribution in [0.2, 0.25) is 0 Å². The van der Waals surface area contributed by atoms with E-state index in [4.69, 9.17) is 11.0 Å². The third-order valence-corrected chi connectivity index (χ3v) is 3.56. The minimum atomic E-state index is -0.839. The Labute approximate surface area is 114 Å². The maximum absolute atomic E-state index is 10.9. The standard InChI is InChI=1S/C12H13N3O3S/c1-2-3-4-11-10(15(17)18)6-9(19-11)5-8(7-13)12(14)16/h5-6H,2-4H2,1H3,(H2,14,16)/b8-5-. The lowest BCUT2D eigenvalue weighted by Gasteiger charge is -1.94. The second-order valence-corrected chi connectivity index (χ2v) is 5.02. The molecule has 0 aromatic carbocycles. The number of hydrogen-bond acceptors (Lipinski definition) is 5. The molecule has 6 nitrogen and oxygen atoms in total. The molecule has 19 heavy (non-hydrogen) atoms. The van der Waals surface area contributed by atoms with E-state index in [1.807, 2.05) is 6.92 Å². The summed E-state index contributed by atoms with van der Waals surface area (Å²) < 4.78 is 0. The Morgan fingerprint density at radius 1 is 1.68 bits per heavy atom. The zero-order valence-corrected chi connectivity index (χ0v) is 11.2. The molecular weight excluding hydrogens is 266 g/mol. The van der Waals surface area contributed by atoms with Gasteiger partial charge in [-0.3, -0.25) is 14.9 Å². The van der Waals surface area contributed by atoms with Crippen LogP contribution in [0.1, 0.15) is 29.5 Å². The van der Waals surface area contributed by atoms with Gasteiger partial charge in [-0.25, -0.2) is 0 Å². The van der Waals surface area contributed by atoms with E-state index in [2.05, 4.69) is 0 Å². The largest absolute Gasteiger partial charge is 0.365 e. The number of thiophene rings is 1. The predicted octanol–water partition coefficient (Wildman–Crippen LogP) is 2.39. The highest BCUT2D eigenvalue weighted by Gasteiger charge is 2.18. The van der Waals surface area contributed by atoms with Crippen molar-refractivity contribution in [1.29, 1.82) is 5.26 Å². The van der Waals surface area contributed by atoms with E-state index >= 15 is 0 Å². The average Bonchev–Trinajstić information content (AvgIpc) is 2.76. The first kappa shape index (κ1) is 14.9. The van der Waals surface area contributed by atoms with Crippen molar-refractivity contribution < 1.29 is 9.72 Å². The molecule has 0 spiro atoms. The molecule has 1 rings (SSSR count). The van der Waals surface area contributed by atoms with Crippen molar-refractivity contribution in [3.05, 3.63) is 31.5 Å². The molecule has 1 aromatic rings. The fourth-order valence-electron chi connectivity index (χ4n) is 1.48. The maximum Gasteiger partial charge on any atom is 0.283 e. The number of nitrogens with two attached hydrogens (primary N) is 1. The first-order valence-corrected chi connectivity index (χ1v) is 6.50. The van der Waals surface area contributed by atoms with E-state index in [-0.39, 0.29) is 11.3 Å². The number of rotatable bonds is 6. The van der Waals surface area contributed by atoms with Crippen LogP contribution >= 0.6 is 11.3 Å². The summed E-state index contributed by atoms with van der Waals surface area (Å²) in [7, 11) is 0. The van der Waals surface area contributed by atoms with Crippen LogP contribution in [0.25, 0.3) is 6.08 Å². The van der Waals surface area contributed by atoms with Gasteiger partial charge in [-0.2, -0.15) is 5.26 Å². The predicted molar refractivity (Wildman–Crippen MR) is 72.4 cm³/mol. The van der Waals surface area contributed by atoms with Crippen molar-refractivity contribution in [1.82, 2.24) is 0 Å². The highest BCUT2D eigenvalue weighted by atomic mass is 32.1. The molecule has 2 N–H and O–H groups in total. The molecule has 0 aliphatic carbocycles. The molecule has 1 aromatic heterocycles. The molecule has 0 saturated carbocycles. The number of carbonyl (C=O) groups is 1. The lowest BCUT2D eigenvalue weighted by Crippen LogP contribution is -2.12. The topological polar surface area (TPSA) is 110 Å². The first-order valence-electron chi connectivity index (χ1n) is 5.68. The van der Waals surface area contributed by atoms with Gasteiger partial charge >= 0.3 is 0 Å². The van der Waals surface area contributed by atoms with Crippen LogP contribution in [0.4, 0.5) is 5.69 Å². The molecule has 0 aliphatic heterocycles. The van der Waals surface area contributed by atoms with E-state index < -0.39 is 10.8 Å². The third-order valence-electron chi connectivity index (χ3n) is 2.43. The van der Waals surface area contributed by atoms with E-state index in [0.717, 1.165) is 12.8 Å². The van der Waals surface area contributed by atoms with Crippen molar-refractivity contribution in [3.8, 4) is 6.07 Å². The summed E-state index contributed by atoms with van der Waals surface area (Å²) in [6, 6.07) is 3.05. The Morgan fingerprint density at radius 2 is 2.37 bits per heavy atom. The Morgan fingerprint density at radius 3 is 2.84 bits per heavy atom. The summed E-state index contributed by atoms with van der Waals surface area (Å²) in [5.41, 5.74) is 4.84. The highest BCUT2D eigenvalue weighted by Crippen LogP contribution is 2.31. The molecule has 0 bridgehead atoms. The van der Waals surface area contributed by atoms with Crippen LogP contribution < -0.4 is 5.73 Å². The zero-order valence-electron chi connectivity index (χ0n) is 10.4. The van der Waals surface area contributed by atoms with Gasteiger partial charge in [-0.1, -0.05) is 13.3 Å². The number of aryl methyl sites for hydroxylation is 1. The minimum Gasteiger partial charge on any atom is -0.365 e. The van der Waals surface area contributed by atoms with Crippen LogP contribution in [0.15, 0.2) is 11.6 Å². The third kappa shape index (κ3) is 3.89. The first-order chi connectivity index (χ1) is 8.99. The normalized spacial score (nSPS) is 11.1. The smallest absolute Gasteiger partial charge is 0.283 e. The van der Waals surface area contributed by atoms with Crippen LogP contribution in [0.5, 0.6) is 0 Å². The molecule has 0 radical (unpaired) electrons. The second kappa shape index (κ2) is 6.66. The van der Waals surface area contributed by atoms with Gasteiger partial charge in [0.2, 0.25) is 0 Å². The summed E-state index contributed by atoms with van der Waals surface area (Å²) in [6.45, 7) is 2.00. The molecule has 7 heteroatoms. The van der Waals surface area contributed by atoms with E-state index in [1.165, 1.54) is 23.5 Å². The number of unbranched alkanes of at least 4 members (excludes halogenated alkanes) is 1. The number of nitro groups is 1. The van der Waals surface area contributed by atoms with Crippen LogP contribution in [-0.4, -0.2) is 10.8 Å².